The van der Waals surface area contributed by atoms with Crippen LogP contribution in [0.1, 0.15) is 49.7 Å². The van der Waals surface area contributed by atoms with Crippen molar-refractivity contribution in [3.05, 3.63) is 59.7 Å². The molecule has 1 heterocycles. The second kappa shape index (κ2) is 10.5. The summed E-state index contributed by atoms with van der Waals surface area (Å²) >= 11 is 0. The lowest BCUT2D eigenvalue weighted by atomic mass is 9.86. The van der Waals surface area contributed by atoms with Gasteiger partial charge in [-0.15, -0.1) is 0 Å². The number of hydrogen-bond donors (Lipinski definition) is 2. The van der Waals surface area contributed by atoms with E-state index in [4.69, 9.17) is 9.47 Å². The average Bonchev–Trinajstić information content (AvgIpc) is 3.16. The molecule has 8 nitrogen and oxygen atoms in total. The minimum Gasteiger partial charge on any atom is -0.479 e. The Hall–Kier alpha value is -3.39. The van der Waals surface area contributed by atoms with Gasteiger partial charge in [-0.2, -0.15) is 0 Å². The Balaban J connectivity index is 1.35. The van der Waals surface area contributed by atoms with Gasteiger partial charge < -0.3 is 24.8 Å². The highest BCUT2D eigenvalue weighted by Crippen LogP contribution is 2.44. The fourth-order valence-electron chi connectivity index (χ4n) is 5.34. The lowest BCUT2D eigenvalue weighted by Crippen LogP contribution is -2.62. The molecule has 1 aliphatic carbocycles. The number of fused-ring (bicyclic) bond motifs is 3. The number of ether oxygens (including phenoxy) is 2. The SMILES string of the molecule is COCC1(C(=O)O)CCCCN1C(=O)CC(C)NC(=O)OCC1c2ccccc2-c2ccccc21. The van der Waals surface area contributed by atoms with E-state index in [2.05, 4.69) is 29.6 Å². The summed E-state index contributed by atoms with van der Waals surface area (Å²) in [5.41, 5.74) is 3.18. The normalized spacial score (nSPS) is 20.0. The van der Waals surface area contributed by atoms with Crippen LogP contribution in [0.15, 0.2) is 48.5 Å². The van der Waals surface area contributed by atoms with Gasteiger partial charge in [-0.1, -0.05) is 48.5 Å². The summed E-state index contributed by atoms with van der Waals surface area (Å²) in [6.07, 6.45) is 1.16. The number of carboxylic acid groups (broad SMARTS) is 1. The van der Waals surface area contributed by atoms with Crippen LogP contribution in [0.3, 0.4) is 0 Å². The number of hydrogen-bond acceptors (Lipinski definition) is 5. The topological polar surface area (TPSA) is 105 Å². The standard InChI is InChI=1S/C27H32N2O6/c1-18(15-24(30)29-14-8-7-13-27(29,17-34-2)25(31)32)28-26(33)35-16-23-21-11-5-3-9-19(21)20-10-4-6-12-22(20)23/h3-6,9-12,18,23H,7-8,13-17H2,1-2H3,(H,28,33)(H,31,32). The molecule has 2 aliphatic rings. The molecule has 186 valence electrons. The lowest BCUT2D eigenvalue weighted by Gasteiger charge is -2.44. The molecule has 0 bridgehead atoms. The van der Waals surface area contributed by atoms with Crippen LogP contribution in [0, 0.1) is 0 Å². The lowest BCUT2D eigenvalue weighted by molar-refractivity contribution is -0.167. The fraction of sp³-hybridized carbons (Fsp3) is 0.444. The summed E-state index contributed by atoms with van der Waals surface area (Å²) in [6.45, 7) is 2.18. The third kappa shape index (κ3) is 4.89. The van der Waals surface area contributed by atoms with E-state index in [-0.39, 0.29) is 31.5 Å². The number of amides is 2. The molecule has 2 amide bonds. The maximum atomic E-state index is 13.0. The van der Waals surface area contributed by atoms with Crippen molar-refractivity contribution >= 4 is 18.0 Å². The predicted octanol–water partition coefficient (Wildman–Crippen LogP) is 3.79. The highest BCUT2D eigenvalue weighted by atomic mass is 16.5. The molecular formula is C27H32N2O6. The number of methoxy groups -OCH3 is 1. The molecule has 2 aromatic carbocycles. The van der Waals surface area contributed by atoms with Crippen LogP contribution in [-0.4, -0.2) is 66.4 Å². The van der Waals surface area contributed by atoms with Crippen molar-refractivity contribution in [3.8, 4) is 11.1 Å². The number of nitrogens with zero attached hydrogens (tertiary/aromatic N) is 1. The summed E-state index contributed by atoms with van der Waals surface area (Å²) in [7, 11) is 1.43. The number of alkyl carbamates (subject to hydrolysis) is 1. The van der Waals surface area contributed by atoms with E-state index < -0.39 is 23.6 Å². The first-order chi connectivity index (χ1) is 16.9. The van der Waals surface area contributed by atoms with Gasteiger partial charge >= 0.3 is 12.1 Å². The maximum Gasteiger partial charge on any atom is 0.407 e. The number of rotatable bonds is 8. The van der Waals surface area contributed by atoms with Crippen molar-refractivity contribution in [1.82, 2.24) is 10.2 Å². The van der Waals surface area contributed by atoms with E-state index in [1.165, 1.54) is 12.0 Å². The van der Waals surface area contributed by atoms with Crippen LogP contribution in [0.5, 0.6) is 0 Å². The molecule has 0 saturated carbocycles. The Kier molecular flexibility index (Phi) is 7.40. The van der Waals surface area contributed by atoms with Crippen LogP contribution >= 0.6 is 0 Å². The molecule has 2 unspecified atom stereocenters. The number of aliphatic carboxylic acids is 1. The number of benzene rings is 2. The van der Waals surface area contributed by atoms with Gasteiger partial charge in [0.25, 0.3) is 0 Å². The molecule has 8 heteroatoms. The maximum absolute atomic E-state index is 13.0. The molecule has 2 atom stereocenters. The molecule has 4 rings (SSSR count). The summed E-state index contributed by atoms with van der Waals surface area (Å²) < 4.78 is 10.7. The first kappa shape index (κ1) is 24.7. The van der Waals surface area contributed by atoms with E-state index >= 15 is 0 Å². The highest BCUT2D eigenvalue weighted by Gasteiger charge is 2.48. The van der Waals surface area contributed by atoms with Gasteiger partial charge in [0.15, 0.2) is 5.54 Å². The Labute approximate surface area is 205 Å². The van der Waals surface area contributed by atoms with Crippen molar-refractivity contribution in [2.45, 2.75) is 50.1 Å². The fourth-order valence-corrected chi connectivity index (χ4v) is 5.34. The van der Waals surface area contributed by atoms with Crippen LogP contribution < -0.4 is 5.32 Å². The Bertz CT molecular complexity index is 1050. The molecule has 2 N–H and O–H groups in total. The number of carboxylic acids is 1. The molecule has 35 heavy (non-hydrogen) atoms. The van der Waals surface area contributed by atoms with Crippen LogP contribution in [-0.2, 0) is 19.1 Å². The Morgan fingerprint density at radius 3 is 2.31 bits per heavy atom. The second-order valence-corrected chi connectivity index (χ2v) is 9.35. The zero-order valence-electron chi connectivity index (χ0n) is 20.2. The highest BCUT2D eigenvalue weighted by molar-refractivity contribution is 5.88. The summed E-state index contributed by atoms with van der Waals surface area (Å²) in [5.74, 6) is -1.44. The molecule has 1 aliphatic heterocycles. The third-order valence-electron chi connectivity index (χ3n) is 7.01. The van der Waals surface area contributed by atoms with Crippen molar-refractivity contribution in [1.29, 1.82) is 0 Å². The number of carbonyl (C=O) groups excluding carboxylic acids is 2. The monoisotopic (exact) mass is 480 g/mol. The minimum atomic E-state index is -1.37. The molecule has 0 aromatic heterocycles. The van der Waals surface area contributed by atoms with E-state index in [9.17, 15) is 19.5 Å². The first-order valence-corrected chi connectivity index (χ1v) is 12.0. The van der Waals surface area contributed by atoms with Crippen molar-refractivity contribution in [3.63, 3.8) is 0 Å². The van der Waals surface area contributed by atoms with Gasteiger partial charge in [0.2, 0.25) is 5.91 Å². The van der Waals surface area contributed by atoms with Crippen molar-refractivity contribution in [2.75, 3.05) is 26.9 Å². The van der Waals surface area contributed by atoms with Gasteiger partial charge in [0.1, 0.15) is 6.61 Å². The zero-order chi connectivity index (χ0) is 25.0. The molecule has 1 saturated heterocycles. The van der Waals surface area contributed by atoms with E-state index in [0.717, 1.165) is 28.7 Å². The van der Waals surface area contributed by atoms with Gasteiger partial charge in [-0.05, 0) is 48.4 Å². The number of likely N-dealkylation sites (tertiary alicyclic amines) is 1. The van der Waals surface area contributed by atoms with Gasteiger partial charge in [0.05, 0.1) is 6.61 Å². The van der Waals surface area contributed by atoms with Crippen LogP contribution in [0.25, 0.3) is 11.1 Å². The summed E-state index contributed by atoms with van der Waals surface area (Å²) in [6, 6.07) is 15.7. The predicted molar refractivity (Wildman–Crippen MR) is 130 cm³/mol. The van der Waals surface area contributed by atoms with Crippen molar-refractivity contribution < 1.29 is 29.0 Å². The van der Waals surface area contributed by atoms with Crippen molar-refractivity contribution in [2.24, 2.45) is 0 Å². The molecular weight excluding hydrogens is 448 g/mol. The smallest absolute Gasteiger partial charge is 0.407 e. The molecule has 0 radical (unpaired) electrons. The summed E-state index contributed by atoms with van der Waals surface area (Å²) in [4.78, 5) is 39.1. The Morgan fingerprint density at radius 1 is 1.09 bits per heavy atom. The van der Waals surface area contributed by atoms with Crippen LogP contribution in [0.2, 0.25) is 0 Å². The Morgan fingerprint density at radius 2 is 1.71 bits per heavy atom. The van der Waals surface area contributed by atoms with Gasteiger partial charge in [-0.25, -0.2) is 9.59 Å². The third-order valence-corrected chi connectivity index (χ3v) is 7.01. The summed E-state index contributed by atoms with van der Waals surface area (Å²) in [5, 5.41) is 12.6. The number of piperidine rings is 1. The molecule has 2 aromatic rings. The first-order valence-electron chi connectivity index (χ1n) is 12.0. The minimum absolute atomic E-state index is 0.0249. The molecule has 0 spiro atoms. The van der Waals surface area contributed by atoms with E-state index in [1.54, 1.807) is 6.92 Å². The molecule has 1 fully saturated rings. The average molecular weight is 481 g/mol. The largest absolute Gasteiger partial charge is 0.479 e. The quantitative estimate of drug-likeness (QED) is 0.596. The van der Waals surface area contributed by atoms with Gasteiger partial charge in [-0.3, -0.25) is 4.79 Å². The number of carbonyl (C=O) groups is 3. The zero-order valence-corrected chi connectivity index (χ0v) is 20.2. The van der Waals surface area contributed by atoms with E-state index in [1.807, 2.05) is 24.3 Å². The van der Waals surface area contributed by atoms with Gasteiger partial charge in [0, 0.05) is 32.0 Å². The number of nitrogens with one attached hydrogen (secondary N) is 1. The second-order valence-electron chi connectivity index (χ2n) is 9.35. The van der Waals surface area contributed by atoms with Crippen LogP contribution in [0.4, 0.5) is 4.79 Å². The van der Waals surface area contributed by atoms with E-state index in [0.29, 0.717) is 19.4 Å².